The summed E-state index contributed by atoms with van der Waals surface area (Å²) in [6, 6.07) is 0. The first-order chi connectivity index (χ1) is 4.22. The lowest BCUT2D eigenvalue weighted by molar-refractivity contribution is -0.115. The molecule has 0 fully saturated rings. The lowest BCUT2D eigenvalue weighted by atomic mass is 10.2. The average molecular weight is 126 g/mol. The summed E-state index contributed by atoms with van der Waals surface area (Å²) in [6.45, 7) is 1.66. The van der Waals surface area contributed by atoms with Gasteiger partial charge in [-0.25, -0.2) is 0 Å². The van der Waals surface area contributed by atoms with Crippen molar-refractivity contribution in [1.82, 2.24) is 0 Å². The van der Waals surface area contributed by atoms with Crippen LogP contribution < -0.4 is 0 Å². The molecule has 0 unspecified atom stereocenters. The largest absolute Gasteiger partial charge is 0.510 e. The van der Waals surface area contributed by atoms with Gasteiger partial charge in [0.1, 0.15) is 12.3 Å². The lowest BCUT2D eigenvalue weighted by Gasteiger charge is -2.02. The number of carbonyl (C=O) groups is 1. The van der Waals surface area contributed by atoms with Crippen molar-refractivity contribution in [3.05, 3.63) is 11.3 Å². The molecular formula is C5H6N2O2. The zero-order chi connectivity index (χ0) is 6.85. The zero-order valence-corrected chi connectivity index (χ0v) is 4.96. The maximum atomic E-state index is 10.5. The number of hydrogen-bond donors (Lipinski definition) is 1. The van der Waals surface area contributed by atoms with Crippen LogP contribution in [0.1, 0.15) is 6.92 Å². The minimum absolute atomic E-state index is 0.0231. The van der Waals surface area contributed by atoms with Gasteiger partial charge in [-0.1, -0.05) is 0 Å². The maximum Gasteiger partial charge on any atom is 0.294 e. The zero-order valence-electron chi connectivity index (χ0n) is 4.96. The Morgan fingerprint density at radius 3 is 2.78 bits per heavy atom. The highest BCUT2D eigenvalue weighted by Crippen LogP contribution is 2.08. The van der Waals surface area contributed by atoms with Crippen molar-refractivity contribution in [3.63, 3.8) is 0 Å². The van der Waals surface area contributed by atoms with Gasteiger partial charge in [-0.3, -0.25) is 4.79 Å². The first-order valence-electron chi connectivity index (χ1n) is 2.52. The third kappa shape index (κ3) is 0.960. The van der Waals surface area contributed by atoms with Gasteiger partial charge in [0.15, 0.2) is 0 Å². The van der Waals surface area contributed by atoms with E-state index >= 15 is 0 Å². The third-order valence-corrected chi connectivity index (χ3v) is 1.14. The Bertz CT molecular complexity index is 205. The topological polar surface area (TPSA) is 62.0 Å². The van der Waals surface area contributed by atoms with Crippen LogP contribution in [0.5, 0.6) is 0 Å². The van der Waals surface area contributed by atoms with Crippen LogP contribution in [-0.2, 0) is 4.79 Å². The van der Waals surface area contributed by atoms with Crippen LogP contribution in [0.15, 0.2) is 21.6 Å². The van der Waals surface area contributed by atoms with Crippen LogP contribution >= 0.6 is 0 Å². The number of aliphatic hydroxyl groups is 1. The highest BCUT2D eigenvalue weighted by atomic mass is 16.3. The van der Waals surface area contributed by atoms with E-state index in [1.807, 2.05) is 0 Å². The minimum Gasteiger partial charge on any atom is -0.510 e. The second-order valence-electron chi connectivity index (χ2n) is 1.78. The highest BCUT2D eigenvalue weighted by molar-refractivity contribution is 5.94. The number of nitrogens with zero attached hydrogens (tertiary/aromatic N) is 2. The Morgan fingerprint density at radius 2 is 2.33 bits per heavy atom. The molecule has 0 atom stereocenters. The molecule has 1 N–H and O–H groups in total. The summed E-state index contributed by atoms with van der Waals surface area (Å²) in [5.41, 5.74) is 0.296. The Labute approximate surface area is 51.9 Å². The van der Waals surface area contributed by atoms with Gasteiger partial charge in [0, 0.05) is 0 Å². The first kappa shape index (κ1) is 5.94. The highest BCUT2D eigenvalue weighted by Gasteiger charge is 2.12. The van der Waals surface area contributed by atoms with Crippen molar-refractivity contribution in [2.24, 2.45) is 10.2 Å². The van der Waals surface area contributed by atoms with E-state index in [9.17, 15) is 4.79 Å². The van der Waals surface area contributed by atoms with E-state index in [0.29, 0.717) is 5.57 Å². The average Bonchev–Trinajstić information content (AvgIpc) is 1.83. The molecule has 0 spiro atoms. The third-order valence-electron chi connectivity index (χ3n) is 1.14. The predicted octanol–water partition coefficient (Wildman–Crippen LogP) is 0.811. The van der Waals surface area contributed by atoms with Gasteiger partial charge in [0.25, 0.3) is 5.91 Å². The number of amides is 1. The van der Waals surface area contributed by atoms with E-state index in [-0.39, 0.29) is 12.3 Å². The molecule has 9 heavy (non-hydrogen) atoms. The summed E-state index contributed by atoms with van der Waals surface area (Å²) >= 11 is 0. The number of hydrogen-bond acceptors (Lipinski definition) is 3. The summed E-state index contributed by atoms with van der Waals surface area (Å²) < 4.78 is 0. The fraction of sp³-hybridized carbons (Fsp3) is 0.400. The molecule has 0 aromatic carbocycles. The van der Waals surface area contributed by atoms with Crippen molar-refractivity contribution >= 4 is 5.91 Å². The van der Waals surface area contributed by atoms with Crippen LogP contribution in [0.3, 0.4) is 0 Å². The SMILES string of the molecule is CC1=C(O)CN=NC1=O. The normalized spacial score (nSPS) is 19.0. The summed E-state index contributed by atoms with van der Waals surface area (Å²) in [7, 11) is 0. The van der Waals surface area contributed by atoms with Gasteiger partial charge < -0.3 is 5.11 Å². The molecule has 0 saturated carbocycles. The van der Waals surface area contributed by atoms with Crippen LogP contribution in [0, 0.1) is 0 Å². The molecule has 0 radical (unpaired) electrons. The Morgan fingerprint density at radius 1 is 1.67 bits per heavy atom. The molecular weight excluding hydrogens is 120 g/mol. The van der Waals surface area contributed by atoms with Gasteiger partial charge in [0.2, 0.25) is 0 Å². The van der Waals surface area contributed by atoms with Crippen LogP contribution in [-0.4, -0.2) is 17.6 Å². The van der Waals surface area contributed by atoms with Gasteiger partial charge in [-0.05, 0) is 6.92 Å². The quantitative estimate of drug-likeness (QED) is 0.522. The molecule has 1 heterocycles. The molecule has 0 aromatic rings. The van der Waals surface area contributed by atoms with Gasteiger partial charge in [-0.2, -0.15) is 5.11 Å². The fourth-order valence-electron chi connectivity index (χ4n) is 0.484. The van der Waals surface area contributed by atoms with Crippen molar-refractivity contribution in [1.29, 1.82) is 0 Å². The molecule has 1 aliphatic heterocycles. The molecule has 1 amide bonds. The second kappa shape index (κ2) is 1.97. The molecule has 0 aromatic heterocycles. The van der Waals surface area contributed by atoms with Crippen molar-refractivity contribution in [3.8, 4) is 0 Å². The van der Waals surface area contributed by atoms with E-state index in [1.54, 1.807) is 0 Å². The standard InChI is InChI=1S/C5H6N2O2/c1-3-4(8)2-6-7-5(3)9/h8H,2H2,1H3. The summed E-state index contributed by atoms with van der Waals surface area (Å²) in [4.78, 5) is 10.5. The van der Waals surface area contributed by atoms with Crippen LogP contribution in [0.4, 0.5) is 0 Å². The van der Waals surface area contributed by atoms with E-state index < -0.39 is 5.91 Å². The fourth-order valence-corrected chi connectivity index (χ4v) is 0.484. The number of rotatable bonds is 0. The van der Waals surface area contributed by atoms with E-state index in [1.165, 1.54) is 6.92 Å². The van der Waals surface area contributed by atoms with Crippen molar-refractivity contribution in [2.75, 3.05) is 6.54 Å². The first-order valence-corrected chi connectivity index (χ1v) is 2.52. The van der Waals surface area contributed by atoms with Crippen molar-refractivity contribution < 1.29 is 9.90 Å². The number of aliphatic hydroxyl groups excluding tert-OH is 1. The molecule has 4 heteroatoms. The lowest BCUT2D eigenvalue weighted by Crippen LogP contribution is -2.05. The number of carbonyl (C=O) groups excluding carboxylic acids is 1. The minimum atomic E-state index is -0.446. The molecule has 0 saturated heterocycles. The molecule has 1 aliphatic rings. The van der Waals surface area contributed by atoms with Gasteiger partial charge in [-0.15, -0.1) is 5.11 Å². The van der Waals surface area contributed by atoms with Crippen LogP contribution in [0.2, 0.25) is 0 Å². The maximum absolute atomic E-state index is 10.5. The predicted molar refractivity (Wildman–Crippen MR) is 30.1 cm³/mol. The summed E-state index contributed by atoms with van der Waals surface area (Å²) in [6.07, 6.45) is 0. The molecule has 0 bridgehead atoms. The summed E-state index contributed by atoms with van der Waals surface area (Å²) in [5.74, 6) is -0.422. The Hall–Kier alpha value is -1.19. The van der Waals surface area contributed by atoms with Gasteiger partial charge in [0.05, 0.1) is 5.57 Å². The molecule has 48 valence electrons. The Kier molecular flexibility index (Phi) is 1.30. The smallest absolute Gasteiger partial charge is 0.294 e. The van der Waals surface area contributed by atoms with E-state index in [4.69, 9.17) is 5.11 Å². The number of azo groups is 1. The van der Waals surface area contributed by atoms with E-state index in [2.05, 4.69) is 10.2 Å². The van der Waals surface area contributed by atoms with E-state index in [0.717, 1.165) is 0 Å². The van der Waals surface area contributed by atoms with Crippen LogP contribution in [0.25, 0.3) is 0 Å². The molecule has 4 nitrogen and oxygen atoms in total. The summed E-state index contributed by atoms with van der Waals surface area (Å²) in [5, 5.41) is 15.4. The second-order valence-corrected chi connectivity index (χ2v) is 1.78. The molecule has 0 aliphatic carbocycles. The monoisotopic (exact) mass is 126 g/mol. The molecule has 1 rings (SSSR count). The van der Waals surface area contributed by atoms with Crippen molar-refractivity contribution in [2.45, 2.75) is 6.92 Å². The van der Waals surface area contributed by atoms with Gasteiger partial charge >= 0.3 is 0 Å². The Balaban J connectivity index is 2.92.